The number of nitrogens with zero attached hydrogens (tertiary/aromatic N) is 2. The Morgan fingerprint density at radius 1 is 1.08 bits per heavy atom. The average Bonchev–Trinajstić information content (AvgIpc) is 3.15. The first-order valence-electron chi connectivity index (χ1n) is 7.54. The van der Waals surface area contributed by atoms with E-state index in [1.807, 2.05) is 0 Å². The van der Waals surface area contributed by atoms with E-state index in [0.717, 1.165) is 0 Å². The van der Waals surface area contributed by atoms with Gasteiger partial charge in [0.1, 0.15) is 17.8 Å². The number of carbonyl (C=O) groups excluding carboxylic acids is 2. The van der Waals surface area contributed by atoms with Gasteiger partial charge in [0.05, 0.1) is 24.5 Å². The van der Waals surface area contributed by atoms with Crippen LogP contribution in [0.15, 0.2) is 41.2 Å². The van der Waals surface area contributed by atoms with Gasteiger partial charge in [-0.1, -0.05) is 0 Å². The van der Waals surface area contributed by atoms with Gasteiger partial charge in [-0.05, 0) is 18.2 Å². The lowest BCUT2D eigenvalue weighted by molar-refractivity contribution is 0.0532. The van der Waals surface area contributed by atoms with Crippen molar-refractivity contribution in [2.45, 2.75) is 0 Å². The fraction of sp³-hybridized carbons (Fsp3) is 0.294. The molecule has 1 saturated heterocycles. The molecule has 2 heterocycles. The maximum atomic E-state index is 14.0. The van der Waals surface area contributed by atoms with E-state index in [1.165, 1.54) is 31.8 Å². The van der Waals surface area contributed by atoms with Crippen molar-refractivity contribution in [1.29, 1.82) is 0 Å². The lowest BCUT2D eigenvalue weighted by Crippen LogP contribution is -2.50. The maximum Gasteiger partial charge on any atom is 0.257 e. The highest BCUT2D eigenvalue weighted by Crippen LogP contribution is 2.19. The fourth-order valence-corrected chi connectivity index (χ4v) is 2.65. The summed E-state index contributed by atoms with van der Waals surface area (Å²) >= 11 is 0. The Kier molecular flexibility index (Phi) is 4.50. The zero-order valence-corrected chi connectivity index (χ0v) is 13.2. The van der Waals surface area contributed by atoms with E-state index in [9.17, 15) is 14.0 Å². The molecule has 0 unspecified atom stereocenters. The van der Waals surface area contributed by atoms with Crippen molar-refractivity contribution in [2.75, 3.05) is 33.3 Å². The summed E-state index contributed by atoms with van der Waals surface area (Å²) in [6, 6.07) is 5.76. The van der Waals surface area contributed by atoms with E-state index in [2.05, 4.69) is 0 Å². The van der Waals surface area contributed by atoms with E-state index in [0.29, 0.717) is 37.5 Å². The molecule has 0 radical (unpaired) electrons. The van der Waals surface area contributed by atoms with Crippen molar-refractivity contribution >= 4 is 11.8 Å². The van der Waals surface area contributed by atoms with Crippen molar-refractivity contribution < 1.29 is 23.1 Å². The zero-order chi connectivity index (χ0) is 17.1. The molecular weight excluding hydrogens is 315 g/mol. The monoisotopic (exact) mass is 332 g/mol. The molecule has 126 valence electrons. The summed E-state index contributed by atoms with van der Waals surface area (Å²) in [6.07, 6.45) is 2.84. The number of methoxy groups -OCH3 is 1. The van der Waals surface area contributed by atoms with Crippen LogP contribution in [0.4, 0.5) is 4.39 Å². The molecular formula is C17H17FN2O4. The standard InChI is InChI=1S/C17H17FN2O4/c1-23-13-2-3-14(15(18)10-13)17(22)20-7-5-19(6-8-20)16(21)12-4-9-24-11-12/h2-4,9-11H,5-8H2,1H3. The summed E-state index contributed by atoms with van der Waals surface area (Å²) in [6.45, 7) is 1.50. The third-order valence-electron chi connectivity index (χ3n) is 4.03. The van der Waals surface area contributed by atoms with Crippen LogP contribution >= 0.6 is 0 Å². The maximum absolute atomic E-state index is 14.0. The molecule has 3 rings (SSSR count). The van der Waals surface area contributed by atoms with Crippen molar-refractivity contribution in [2.24, 2.45) is 0 Å². The summed E-state index contributed by atoms with van der Waals surface area (Å²) in [5, 5.41) is 0. The minimum absolute atomic E-state index is 0.00501. The van der Waals surface area contributed by atoms with E-state index in [1.54, 1.807) is 21.9 Å². The lowest BCUT2D eigenvalue weighted by Gasteiger charge is -2.34. The Morgan fingerprint density at radius 2 is 1.75 bits per heavy atom. The lowest BCUT2D eigenvalue weighted by atomic mass is 10.1. The Hall–Kier alpha value is -2.83. The van der Waals surface area contributed by atoms with Crippen LogP contribution in [-0.4, -0.2) is 54.9 Å². The number of ether oxygens (including phenoxy) is 1. The van der Waals surface area contributed by atoms with Crippen molar-refractivity contribution in [1.82, 2.24) is 9.80 Å². The highest BCUT2D eigenvalue weighted by atomic mass is 19.1. The van der Waals surface area contributed by atoms with Gasteiger partial charge in [0, 0.05) is 32.2 Å². The molecule has 7 heteroatoms. The number of halogens is 1. The van der Waals surface area contributed by atoms with Gasteiger partial charge in [-0.25, -0.2) is 4.39 Å². The molecule has 1 aromatic heterocycles. The summed E-state index contributed by atoms with van der Waals surface area (Å²) in [5.74, 6) is -0.770. The Balaban J connectivity index is 1.64. The van der Waals surface area contributed by atoms with Crippen LogP contribution in [0.3, 0.4) is 0 Å². The Labute approximate surface area is 138 Å². The number of furan rings is 1. The topological polar surface area (TPSA) is 63.0 Å². The largest absolute Gasteiger partial charge is 0.497 e. The van der Waals surface area contributed by atoms with Crippen molar-refractivity contribution in [3.8, 4) is 5.75 Å². The number of hydrogen-bond donors (Lipinski definition) is 0. The molecule has 0 spiro atoms. The average molecular weight is 332 g/mol. The predicted octanol–water partition coefficient (Wildman–Crippen LogP) is 2.03. The normalized spacial score (nSPS) is 14.6. The first-order valence-corrected chi connectivity index (χ1v) is 7.54. The summed E-state index contributed by atoms with van der Waals surface area (Å²) in [4.78, 5) is 27.9. The Bertz CT molecular complexity index is 737. The number of benzene rings is 1. The number of hydrogen-bond acceptors (Lipinski definition) is 4. The number of amides is 2. The van der Waals surface area contributed by atoms with E-state index < -0.39 is 5.82 Å². The summed E-state index contributed by atoms with van der Waals surface area (Å²) in [7, 11) is 1.44. The second-order valence-corrected chi connectivity index (χ2v) is 5.44. The van der Waals surface area contributed by atoms with Gasteiger partial charge in [0.25, 0.3) is 11.8 Å². The molecule has 0 saturated carbocycles. The van der Waals surface area contributed by atoms with Crippen LogP contribution < -0.4 is 4.74 Å². The van der Waals surface area contributed by atoms with Gasteiger partial charge in [-0.15, -0.1) is 0 Å². The molecule has 1 aliphatic heterocycles. The van der Waals surface area contributed by atoms with Crippen molar-refractivity contribution in [3.05, 3.63) is 53.7 Å². The first kappa shape index (κ1) is 16.0. The minimum atomic E-state index is -0.615. The van der Waals surface area contributed by atoms with Gasteiger partial charge in [0.2, 0.25) is 0 Å². The summed E-state index contributed by atoms with van der Waals surface area (Å²) in [5.41, 5.74) is 0.487. The van der Waals surface area contributed by atoms with Gasteiger partial charge in [0.15, 0.2) is 0 Å². The molecule has 0 aliphatic carbocycles. The second-order valence-electron chi connectivity index (χ2n) is 5.44. The number of rotatable bonds is 3. The summed E-state index contributed by atoms with van der Waals surface area (Å²) < 4.78 is 23.9. The van der Waals surface area contributed by atoms with Crippen LogP contribution in [0, 0.1) is 5.82 Å². The quantitative estimate of drug-likeness (QED) is 0.863. The third kappa shape index (κ3) is 3.10. The van der Waals surface area contributed by atoms with Gasteiger partial charge < -0.3 is 19.0 Å². The van der Waals surface area contributed by atoms with Crippen LogP contribution in [0.2, 0.25) is 0 Å². The molecule has 24 heavy (non-hydrogen) atoms. The van der Waals surface area contributed by atoms with E-state index in [-0.39, 0.29) is 17.4 Å². The van der Waals surface area contributed by atoms with Crippen LogP contribution in [0.1, 0.15) is 20.7 Å². The van der Waals surface area contributed by atoms with Crippen LogP contribution in [0.25, 0.3) is 0 Å². The number of piperazine rings is 1. The zero-order valence-electron chi connectivity index (χ0n) is 13.2. The molecule has 1 aliphatic rings. The molecule has 0 N–H and O–H groups in total. The molecule has 0 bridgehead atoms. The van der Waals surface area contributed by atoms with Gasteiger partial charge >= 0.3 is 0 Å². The van der Waals surface area contributed by atoms with Gasteiger partial charge in [-0.2, -0.15) is 0 Å². The molecule has 0 atom stereocenters. The molecule has 1 aromatic carbocycles. The third-order valence-corrected chi connectivity index (χ3v) is 4.03. The fourth-order valence-electron chi connectivity index (χ4n) is 2.65. The molecule has 2 amide bonds. The smallest absolute Gasteiger partial charge is 0.257 e. The first-order chi connectivity index (χ1) is 11.6. The van der Waals surface area contributed by atoms with E-state index >= 15 is 0 Å². The number of carbonyl (C=O) groups is 2. The second kappa shape index (κ2) is 6.74. The Morgan fingerprint density at radius 3 is 2.29 bits per heavy atom. The molecule has 1 fully saturated rings. The molecule has 6 nitrogen and oxygen atoms in total. The van der Waals surface area contributed by atoms with E-state index in [4.69, 9.17) is 9.15 Å². The highest BCUT2D eigenvalue weighted by Gasteiger charge is 2.27. The molecule has 2 aromatic rings. The minimum Gasteiger partial charge on any atom is -0.497 e. The van der Waals surface area contributed by atoms with Crippen LogP contribution in [0.5, 0.6) is 5.75 Å². The predicted molar refractivity (Wildman–Crippen MR) is 83.5 cm³/mol. The van der Waals surface area contributed by atoms with Gasteiger partial charge in [-0.3, -0.25) is 9.59 Å². The van der Waals surface area contributed by atoms with Crippen LogP contribution in [-0.2, 0) is 0 Å². The SMILES string of the molecule is COc1ccc(C(=O)N2CCN(C(=O)c3ccoc3)CC2)c(F)c1. The van der Waals surface area contributed by atoms with Crippen molar-refractivity contribution in [3.63, 3.8) is 0 Å². The highest BCUT2D eigenvalue weighted by molar-refractivity contribution is 5.96.